The van der Waals surface area contributed by atoms with E-state index in [4.69, 9.17) is 0 Å². The molecular formula is C19H25N3O3. The van der Waals surface area contributed by atoms with Crippen LogP contribution in [0.15, 0.2) is 24.3 Å². The topological polar surface area (TPSA) is 78.5 Å². The van der Waals surface area contributed by atoms with E-state index in [0.29, 0.717) is 23.3 Å². The van der Waals surface area contributed by atoms with Crippen LogP contribution in [-0.4, -0.2) is 29.8 Å². The number of amides is 3. The predicted octanol–water partition coefficient (Wildman–Crippen LogP) is 2.45. The average Bonchev–Trinajstić information content (AvgIpc) is 2.84. The van der Waals surface area contributed by atoms with Gasteiger partial charge in [0, 0.05) is 18.7 Å². The molecule has 3 atom stereocenters. The molecule has 0 bridgehead atoms. The summed E-state index contributed by atoms with van der Waals surface area (Å²) >= 11 is 0. The first-order valence-corrected chi connectivity index (χ1v) is 8.96. The van der Waals surface area contributed by atoms with Crippen molar-refractivity contribution in [2.45, 2.75) is 58.0 Å². The van der Waals surface area contributed by atoms with E-state index in [-0.39, 0.29) is 24.1 Å². The Bertz CT molecular complexity index is 671. The zero-order valence-electron chi connectivity index (χ0n) is 14.7. The minimum atomic E-state index is -0.437. The number of hydrogen-bond acceptors (Lipinski definition) is 4. The van der Waals surface area contributed by atoms with Gasteiger partial charge in [-0.1, -0.05) is 19.8 Å². The highest BCUT2D eigenvalue weighted by Crippen LogP contribution is 2.28. The average molecular weight is 343 g/mol. The molecule has 6 nitrogen and oxygen atoms in total. The van der Waals surface area contributed by atoms with Gasteiger partial charge in [0.15, 0.2) is 0 Å². The van der Waals surface area contributed by atoms with Crippen molar-refractivity contribution < 1.29 is 14.4 Å². The standard InChI is InChI=1S/C19H25N3O3/c1-12-5-3-4-6-16(12)21-17-11-18(24)22(19(17)25)15-9-7-14(8-10-15)20-13(2)23/h7-10,12,16-17,21H,3-6,11H2,1-2H3,(H,20,23)/t12-,16+,17-/m0/s1. The van der Waals surface area contributed by atoms with Gasteiger partial charge in [-0.15, -0.1) is 0 Å². The van der Waals surface area contributed by atoms with Gasteiger partial charge in [-0.05, 0) is 43.0 Å². The third kappa shape index (κ3) is 3.90. The van der Waals surface area contributed by atoms with Gasteiger partial charge >= 0.3 is 0 Å². The lowest BCUT2D eigenvalue weighted by atomic mass is 9.85. The van der Waals surface area contributed by atoms with Crippen LogP contribution in [0.2, 0.25) is 0 Å². The normalized spacial score (nSPS) is 26.8. The summed E-state index contributed by atoms with van der Waals surface area (Å²) in [5.74, 6) is 0.00266. The smallest absolute Gasteiger partial charge is 0.251 e. The van der Waals surface area contributed by atoms with Gasteiger partial charge in [0.2, 0.25) is 11.8 Å². The second-order valence-electron chi connectivity index (χ2n) is 7.09. The molecule has 0 unspecified atom stereocenters. The van der Waals surface area contributed by atoms with Crippen LogP contribution in [0.1, 0.15) is 46.0 Å². The Morgan fingerprint density at radius 1 is 1.12 bits per heavy atom. The molecule has 25 heavy (non-hydrogen) atoms. The van der Waals surface area contributed by atoms with Gasteiger partial charge in [0.1, 0.15) is 0 Å². The Kier molecular flexibility index (Phi) is 5.18. The molecule has 6 heteroatoms. The van der Waals surface area contributed by atoms with E-state index < -0.39 is 6.04 Å². The van der Waals surface area contributed by atoms with Gasteiger partial charge in [-0.25, -0.2) is 4.90 Å². The number of nitrogens with zero attached hydrogens (tertiary/aromatic N) is 1. The Morgan fingerprint density at radius 2 is 1.80 bits per heavy atom. The third-order valence-corrected chi connectivity index (χ3v) is 5.12. The van der Waals surface area contributed by atoms with Crippen LogP contribution in [0.5, 0.6) is 0 Å². The van der Waals surface area contributed by atoms with Crippen LogP contribution in [0, 0.1) is 5.92 Å². The van der Waals surface area contributed by atoms with Gasteiger partial charge in [0.05, 0.1) is 18.2 Å². The molecule has 134 valence electrons. The number of benzene rings is 1. The molecule has 0 spiro atoms. The number of rotatable bonds is 4. The summed E-state index contributed by atoms with van der Waals surface area (Å²) in [5, 5.41) is 6.09. The highest BCUT2D eigenvalue weighted by molar-refractivity contribution is 6.22. The van der Waals surface area contributed by atoms with Crippen molar-refractivity contribution in [2.75, 3.05) is 10.2 Å². The Morgan fingerprint density at radius 3 is 2.44 bits per heavy atom. The second-order valence-corrected chi connectivity index (χ2v) is 7.09. The van der Waals surface area contributed by atoms with Crippen molar-refractivity contribution in [3.05, 3.63) is 24.3 Å². The van der Waals surface area contributed by atoms with Crippen molar-refractivity contribution in [1.82, 2.24) is 5.32 Å². The monoisotopic (exact) mass is 343 g/mol. The van der Waals surface area contributed by atoms with E-state index in [9.17, 15) is 14.4 Å². The zero-order chi connectivity index (χ0) is 18.0. The second kappa shape index (κ2) is 7.35. The first-order valence-electron chi connectivity index (χ1n) is 8.96. The maximum Gasteiger partial charge on any atom is 0.251 e. The molecule has 2 fully saturated rings. The van der Waals surface area contributed by atoms with Crippen molar-refractivity contribution in [2.24, 2.45) is 5.92 Å². The molecule has 1 saturated heterocycles. The first kappa shape index (κ1) is 17.6. The number of imide groups is 1. The van der Waals surface area contributed by atoms with Crippen LogP contribution in [0.4, 0.5) is 11.4 Å². The fourth-order valence-corrected chi connectivity index (χ4v) is 3.75. The lowest BCUT2D eigenvalue weighted by molar-refractivity contribution is -0.122. The maximum atomic E-state index is 12.7. The van der Waals surface area contributed by atoms with Crippen LogP contribution in [0.25, 0.3) is 0 Å². The summed E-state index contributed by atoms with van der Waals surface area (Å²) in [7, 11) is 0. The molecule has 2 aliphatic rings. The Balaban J connectivity index is 1.69. The Labute approximate surface area is 148 Å². The van der Waals surface area contributed by atoms with Crippen molar-refractivity contribution in [1.29, 1.82) is 0 Å². The van der Waals surface area contributed by atoms with Crippen LogP contribution < -0.4 is 15.5 Å². The number of carbonyl (C=O) groups is 3. The third-order valence-electron chi connectivity index (χ3n) is 5.12. The number of nitrogens with one attached hydrogen (secondary N) is 2. The molecule has 3 amide bonds. The molecule has 0 aromatic heterocycles. The summed E-state index contributed by atoms with van der Waals surface area (Å²) in [6.07, 6.45) is 4.84. The lowest BCUT2D eigenvalue weighted by Crippen LogP contribution is -2.47. The van der Waals surface area contributed by atoms with Crippen molar-refractivity contribution in [3.63, 3.8) is 0 Å². The molecular weight excluding hydrogens is 318 g/mol. The quantitative estimate of drug-likeness (QED) is 0.823. The largest absolute Gasteiger partial charge is 0.326 e. The molecule has 3 rings (SSSR count). The summed E-state index contributed by atoms with van der Waals surface area (Å²) in [5.41, 5.74) is 1.19. The van der Waals surface area contributed by atoms with Crippen LogP contribution in [-0.2, 0) is 14.4 Å². The minimum Gasteiger partial charge on any atom is -0.326 e. The van der Waals surface area contributed by atoms with Gasteiger partial charge in [-0.3, -0.25) is 14.4 Å². The lowest BCUT2D eigenvalue weighted by Gasteiger charge is -2.31. The first-order chi connectivity index (χ1) is 12.0. The van der Waals surface area contributed by atoms with Crippen LogP contribution in [0.3, 0.4) is 0 Å². The Hall–Kier alpha value is -2.21. The molecule has 1 aliphatic heterocycles. The summed E-state index contributed by atoms with van der Waals surface area (Å²) < 4.78 is 0. The van der Waals surface area contributed by atoms with E-state index in [1.807, 2.05) is 0 Å². The van der Waals surface area contributed by atoms with E-state index in [0.717, 1.165) is 6.42 Å². The van der Waals surface area contributed by atoms with Crippen molar-refractivity contribution in [3.8, 4) is 0 Å². The van der Waals surface area contributed by atoms with E-state index in [2.05, 4.69) is 17.6 Å². The predicted molar refractivity (Wildman–Crippen MR) is 96.2 cm³/mol. The van der Waals surface area contributed by atoms with Crippen molar-refractivity contribution >= 4 is 29.1 Å². The van der Waals surface area contributed by atoms with Crippen LogP contribution >= 0.6 is 0 Å². The van der Waals surface area contributed by atoms with E-state index >= 15 is 0 Å². The summed E-state index contributed by atoms with van der Waals surface area (Å²) in [6.45, 7) is 3.64. The number of carbonyl (C=O) groups excluding carboxylic acids is 3. The SMILES string of the molecule is CC(=O)Nc1ccc(N2C(=O)C[C@H](N[C@@H]3CCCC[C@@H]3C)C2=O)cc1. The summed E-state index contributed by atoms with van der Waals surface area (Å²) in [4.78, 5) is 37.4. The molecule has 1 heterocycles. The van der Waals surface area contributed by atoms with Gasteiger partial charge in [0.25, 0.3) is 5.91 Å². The highest BCUT2D eigenvalue weighted by Gasteiger charge is 2.41. The maximum absolute atomic E-state index is 12.7. The molecule has 2 N–H and O–H groups in total. The molecule has 1 aromatic carbocycles. The number of anilines is 2. The van der Waals surface area contributed by atoms with E-state index in [1.165, 1.54) is 31.1 Å². The molecule has 1 aromatic rings. The zero-order valence-corrected chi connectivity index (χ0v) is 14.7. The fraction of sp³-hybridized carbons (Fsp3) is 0.526. The van der Waals surface area contributed by atoms with Gasteiger partial charge < -0.3 is 10.6 Å². The summed E-state index contributed by atoms with van der Waals surface area (Å²) in [6, 6.07) is 6.63. The van der Waals surface area contributed by atoms with E-state index in [1.54, 1.807) is 24.3 Å². The van der Waals surface area contributed by atoms with Gasteiger partial charge in [-0.2, -0.15) is 0 Å². The molecule has 1 saturated carbocycles. The number of hydrogen-bond donors (Lipinski definition) is 2. The molecule has 0 radical (unpaired) electrons. The molecule has 1 aliphatic carbocycles. The minimum absolute atomic E-state index is 0.160. The fourth-order valence-electron chi connectivity index (χ4n) is 3.75. The highest BCUT2D eigenvalue weighted by atomic mass is 16.2.